The number of ether oxygens (including phenoxy) is 2. The van der Waals surface area contributed by atoms with Crippen LogP contribution in [0.15, 0.2) is 71.1 Å². The summed E-state index contributed by atoms with van der Waals surface area (Å²) in [7, 11) is 1.62. The van der Waals surface area contributed by atoms with Crippen LogP contribution in [0.1, 0.15) is 56.1 Å². The summed E-state index contributed by atoms with van der Waals surface area (Å²) < 4.78 is 24.8. The molecule has 0 aromatic heterocycles. The van der Waals surface area contributed by atoms with Gasteiger partial charge in [0.05, 0.1) is 19.3 Å². The molecule has 172 valence electrons. The Hall–Kier alpha value is -3.41. The predicted octanol–water partition coefficient (Wildman–Crippen LogP) is 5.15. The highest BCUT2D eigenvalue weighted by molar-refractivity contribution is 6.04. The number of nitrogens with one attached hydrogen (secondary N) is 1. The van der Waals surface area contributed by atoms with E-state index in [0.29, 0.717) is 41.7 Å². The fourth-order valence-electron chi connectivity index (χ4n) is 4.71. The Balaban J connectivity index is 1.75. The lowest BCUT2D eigenvalue weighted by Gasteiger charge is -2.36. The summed E-state index contributed by atoms with van der Waals surface area (Å²) in [4.78, 5) is 26.5. The van der Waals surface area contributed by atoms with Crippen molar-refractivity contribution >= 4 is 11.8 Å². The zero-order valence-electron chi connectivity index (χ0n) is 19.1. The van der Waals surface area contributed by atoms with Gasteiger partial charge in [0.1, 0.15) is 11.6 Å². The molecule has 33 heavy (non-hydrogen) atoms. The minimum atomic E-state index is -0.661. The standard InChI is InChI=1S/C27H28FNO4/c1-4-12-33-27(31)24-16(2)29-22-14-19(17-8-10-21(32-3)11-9-17)15-23(30)26(22)25(24)18-6-5-7-20(28)13-18/h5-11,13,19,25,29H,4,12,14-15H2,1-3H3. The van der Waals surface area contributed by atoms with Gasteiger partial charge in [0.25, 0.3) is 0 Å². The molecule has 0 radical (unpaired) electrons. The molecule has 1 aliphatic heterocycles. The maximum absolute atomic E-state index is 14.2. The third-order valence-electron chi connectivity index (χ3n) is 6.25. The molecule has 1 heterocycles. The van der Waals surface area contributed by atoms with E-state index in [1.165, 1.54) is 12.1 Å². The molecule has 0 saturated carbocycles. The number of allylic oxidation sites excluding steroid dienone is 3. The Morgan fingerprint density at radius 3 is 2.55 bits per heavy atom. The van der Waals surface area contributed by atoms with Crippen molar-refractivity contribution in [3.05, 3.63) is 88.0 Å². The van der Waals surface area contributed by atoms with Gasteiger partial charge in [0, 0.05) is 29.3 Å². The van der Waals surface area contributed by atoms with Gasteiger partial charge in [-0.25, -0.2) is 9.18 Å². The first-order valence-electron chi connectivity index (χ1n) is 11.2. The molecule has 6 heteroatoms. The summed E-state index contributed by atoms with van der Waals surface area (Å²) in [5.41, 5.74) is 3.93. The maximum Gasteiger partial charge on any atom is 0.336 e. The van der Waals surface area contributed by atoms with Crippen molar-refractivity contribution in [2.45, 2.75) is 44.9 Å². The number of ketones is 1. The van der Waals surface area contributed by atoms with Gasteiger partial charge in [0.2, 0.25) is 0 Å². The molecule has 2 atom stereocenters. The lowest BCUT2D eigenvalue weighted by Crippen LogP contribution is -2.36. The molecule has 0 saturated heterocycles. The highest BCUT2D eigenvalue weighted by Crippen LogP contribution is 2.45. The largest absolute Gasteiger partial charge is 0.497 e. The number of benzene rings is 2. The molecule has 1 aliphatic carbocycles. The van der Waals surface area contributed by atoms with Crippen LogP contribution in [0.5, 0.6) is 5.75 Å². The monoisotopic (exact) mass is 449 g/mol. The molecule has 0 amide bonds. The topological polar surface area (TPSA) is 64.6 Å². The third-order valence-corrected chi connectivity index (χ3v) is 6.25. The lowest BCUT2D eigenvalue weighted by atomic mass is 9.71. The molecule has 2 aliphatic rings. The fourth-order valence-corrected chi connectivity index (χ4v) is 4.71. The number of carbonyl (C=O) groups is 2. The van der Waals surface area contributed by atoms with Gasteiger partial charge >= 0.3 is 5.97 Å². The van der Waals surface area contributed by atoms with Crippen LogP contribution in [0, 0.1) is 5.82 Å². The van der Waals surface area contributed by atoms with Crippen LogP contribution >= 0.6 is 0 Å². The number of dihydropyridines is 1. The molecule has 2 aromatic rings. The summed E-state index contributed by atoms with van der Waals surface area (Å²) in [5, 5.41) is 3.31. The minimum absolute atomic E-state index is 0.00390. The van der Waals surface area contributed by atoms with Crippen LogP contribution < -0.4 is 10.1 Å². The number of rotatable bonds is 6. The highest BCUT2D eigenvalue weighted by Gasteiger charge is 2.41. The average Bonchev–Trinajstić information content (AvgIpc) is 2.81. The number of hydrogen-bond donors (Lipinski definition) is 1. The second-order valence-electron chi connectivity index (χ2n) is 8.48. The highest BCUT2D eigenvalue weighted by atomic mass is 19.1. The van der Waals surface area contributed by atoms with E-state index >= 15 is 0 Å². The number of carbonyl (C=O) groups excluding carboxylic acids is 2. The molecule has 4 rings (SSSR count). The molecule has 5 nitrogen and oxygen atoms in total. The van der Waals surface area contributed by atoms with Crippen LogP contribution in [0.4, 0.5) is 4.39 Å². The fraction of sp³-hybridized carbons (Fsp3) is 0.333. The number of Topliss-reactive ketones (excluding diaryl/α,β-unsaturated/α-hetero) is 1. The van der Waals surface area contributed by atoms with Crippen molar-refractivity contribution in [3.63, 3.8) is 0 Å². The molecule has 2 unspecified atom stereocenters. The molecule has 1 N–H and O–H groups in total. The van der Waals surface area contributed by atoms with Crippen molar-refractivity contribution in [2.75, 3.05) is 13.7 Å². The zero-order valence-corrected chi connectivity index (χ0v) is 19.1. The Labute approximate surface area is 193 Å². The van der Waals surface area contributed by atoms with E-state index < -0.39 is 17.7 Å². The first-order chi connectivity index (χ1) is 15.9. The van der Waals surface area contributed by atoms with E-state index in [9.17, 15) is 14.0 Å². The van der Waals surface area contributed by atoms with Gasteiger partial charge in [-0.1, -0.05) is 31.2 Å². The van der Waals surface area contributed by atoms with E-state index in [1.807, 2.05) is 31.2 Å². The van der Waals surface area contributed by atoms with E-state index in [2.05, 4.69) is 5.32 Å². The van der Waals surface area contributed by atoms with Crippen molar-refractivity contribution in [1.82, 2.24) is 5.32 Å². The molecule has 2 aromatic carbocycles. The SMILES string of the molecule is CCCOC(=O)C1=C(C)NC2=C(C(=O)CC(c3ccc(OC)cc3)C2)C1c1cccc(F)c1. The van der Waals surface area contributed by atoms with Gasteiger partial charge < -0.3 is 14.8 Å². The first-order valence-corrected chi connectivity index (χ1v) is 11.2. The molecule has 0 bridgehead atoms. The molecule has 0 fully saturated rings. The maximum atomic E-state index is 14.2. The van der Waals surface area contributed by atoms with Crippen LogP contribution in [0.3, 0.4) is 0 Å². The lowest BCUT2D eigenvalue weighted by molar-refractivity contribution is -0.139. The average molecular weight is 450 g/mol. The Kier molecular flexibility index (Phi) is 6.63. The Morgan fingerprint density at radius 2 is 1.88 bits per heavy atom. The van der Waals surface area contributed by atoms with Gasteiger partial charge in [-0.15, -0.1) is 0 Å². The number of halogens is 1. The van der Waals surface area contributed by atoms with E-state index in [-0.39, 0.29) is 18.3 Å². The Bertz CT molecular complexity index is 1130. The van der Waals surface area contributed by atoms with Crippen molar-refractivity contribution < 1.29 is 23.5 Å². The normalized spacial score (nSPS) is 20.3. The summed E-state index contributed by atoms with van der Waals surface area (Å²) in [5.74, 6) is -0.835. The summed E-state index contributed by atoms with van der Waals surface area (Å²) >= 11 is 0. The minimum Gasteiger partial charge on any atom is -0.497 e. The van der Waals surface area contributed by atoms with Gasteiger partial charge in [-0.2, -0.15) is 0 Å². The van der Waals surface area contributed by atoms with Crippen molar-refractivity contribution in [2.24, 2.45) is 0 Å². The van der Waals surface area contributed by atoms with E-state index in [1.54, 1.807) is 26.2 Å². The number of esters is 1. The zero-order chi connectivity index (χ0) is 23.5. The van der Waals surface area contributed by atoms with Gasteiger partial charge in [-0.05, 0) is 61.1 Å². The quantitative estimate of drug-likeness (QED) is 0.618. The second kappa shape index (κ2) is 9.61. The smallest absolute Gasteiger partial charge is 0.336 e. The van der Waals surface area contributed by atoms with E-state index in [4.69, 9.17) is 9.47 Å². The van der Waals surface area contributed by atoms with Crippen LogP contribution in [0.2, 0.25) is 0 Å². The predicted molar refractivity (Wildman–Crippen MR) is 123 cm³/mol. The molecular formula is C27H28FNO4. The number of hydrogen-bond acceptors (Lipinski definition) is 5. The van der Waals surface area contributed by atoms with Gasteiger partial charge in [0.15, 0.2) is 5.78 Å². The molecular weight excluding hydrogens is 421 g/mol. The first kappa shape index (κ1) is 22.8. The van der Waals surface area contributed by atoms with Crippen molar-refractivity contribution in [3.8, 4) is 5.75 Å². The summed E-state index contributed by atoms with van der Waals surface area (Å²) in [6.45, 7) is 4.01. The summed E-state index contributed by atoms with van der Waals surface area (Å²) in [6, 6.07) is 13.8. The van der Waals surface area contributed by atoms with E-state index in [0.717, 1.165) is 17.0 Å². The Morgan fingerprint density at radius 1 is 1.12 bits per heavy atom. The van der Waals surface area contributed by atoms with Crippen LogP contribution in [-0.2, 0) is 14.3 Å². The second-order valence-corrected chi connectivity index (χ2v) is 8.48. The van der Waals surface area contributed by atoms with Crippen molar-refractivity contribution in [1.29, 1.82) is 0 Å². The molecule has 0 spiro atoms. The number of methoxy groups -OCH3 is 1. The van der Waals surface area contributed by atoms with Gasteiger partial charge in [-0.3, -0.25) is 4.79 Å². The van der Waals surface area contributed by atoms with Crippen LogP contribution in [-0.4, -0.2) is 25.5 Å². The third kappa shape index (κ3) is 4.56. The summed E-state index contributed by atoms with van der Waals surface area (Å²) in [6.07, 6.45) is 1.62. The van der Waals surface area contributed by atoms with Crippen LogP contribution in [0.25, 0.3) is 0 Å².